The molecule has 3 rings (SSSR count). The third-order valence-electron chi connectivity index (χ3n) is 4.67. The highest BCUT2D eigenvalue weighted by molar-refractivity contribution is 8.02. The lowest BCUT2D eigenvalue weighted by molar-refractivity contribution is 0.0156. The molecule has 6 heteroatoms. The maximum absolute atomic E-state index is 12.5. The number of carbonyl (C=O) groups is 2. The number of allylic oxidation sites excluding steroid dienone is 1. The number of amides is 1. The Morgan fingerprint density at radius 2 is 1.73 bits per heavy atom. The molecule has 2 aliphatic heterocycles. The average molecular weight is 375 g/mol. The predicted octanol–water partition coefficient (Wildman–Crippen LogP) is 3.77. The minimum absolute atomic E-state index is 0.0155. The van der Waals surface area contributed by atoms with Crippen molar-refractivity contribution in [3.8, 4) is 0 Å². The first kappa shape index (κ1) is 18.8. The number of likely N-dealkylation sites (tertiary alicyclic amines) is 2. The fraction of sp³-hybridized carbons (Fsp3) is 0.500. The molecular weight excluding hydrogens is 348 g/mol. The predicted molar refractivity (Wildman–Crippen MR) is 104 cm³/mol. The second-order valence-corrected chi connectivity index (χ2v) is 8.57. The molecule has 140 valence electrons. The summed E-state index contributed by atoms with van der Waals surface area (Å²) in [5, 5.41) is 0.968. The van der Waals surface area contributed by atoms with E-state index >= 15 is 0 Å². The zero-order valence-electron chi connectivity index (χ0n) is 15.8. The van der Waals surface area contributed by atoms with Gasteiger partial charge in [-0.15, -0.1) is 11.8 Å². The third-order valence-corrected chi connectivity index (χ3v) is 5.44. The van der Waals surface area contributed by atoms with Crippen LogP contribution in [0.5, 0.6) is 0 Å². The Kier molecular flexibility index (Phi) is 5.32. The molecule has 2 bridgehead atoms. The van der Waals surface area contributed by atoms with E-state index in [1.807, 2.05) is 62.3 Å². The van der Waals surface area contributed by atoms with Crippen LogP contribution in [0.4, 0.5) is 4.79 Å². The number of ether oxygens (including phenoxy) is 1. The molecule has 2 heterocycles. The van der Waals surface area contributed by atoms with Gasteiger partial charge in [0.2, 0.25) is 0 Å². The third kappa shape index (κ3) is 4.06. The molecule has 26 heavy (non-hydrogen) atoms. The summed E-state index contributed by atoms with van der Waals surface area (Å²) in [4.78, 5) is 29.0. The second-order valence-electron chi connectivity index (χ2n) is 7.75. The lowest BCUT2D eigenvalue weighted by Crippen LogP contribution is -2.49. The van der Waals surface area contributed by atoms with E-state index in [-0.39, 0.29) is 24.0 Å². The molecule has 2 unspecified atom stereocenters. The fourth-order valence-corrected chi connectivity index (χ4v) is 4.22. The van der Waals surface area contributed by atoms with Crippen LogP contribution in [0.1, 0.15) is 37.6 Å². The number of hydrogen-bond acceptors (Lipinski definition) is 5. The highest BCUT2D eigenvalue weighted by Gasteiger charge is 2.47. The van der Waals surface area contributed by atoms with Crippen molar-refractivity contribution in [1.29, 1.82) is 0 Å². The number of thioether (sulfide) groups is 1. The maximum Gasteiger partial charge on any atom is 0.410 e. The summed E-state index contributed by atoms with van der Waals surface area (Å²) in [6.07, 6.45) is 4.40. The first-order chi connectivity index (χ1) is 12.3. The Morgan fingerprint density at radius 3 is 2.27 bits per heavy atom. The van der Waals surface area contributed by atoms with Gasteiger partial charge in [-0.2, -0.15) is 0 Å². The summed E-state index contributed by atoms with van der Waals surface area (Å²) in [6.45, 7) is 7.05. The molecule has 0 N–H and O–H groups in total. The van der Waals surface area contributed by atoms with Crippen molar-refractivity contribution in [2.24, 2.45) is 0 Å². The molecule has 0 spiro atoms. The molecule has 0 radical (unpaired) electrons. The molecule has 0 aliphatic carbocycles. The summed E-state index contributed by atoms with van der Waals surface area (Å²) >= 11 is 1.58. The van der Waals surface area contributed by atoms with Crippen molar-refractivity contribution in [1.82, 2.24) is 9.80 Å². The van der Waals surface area contributed by atoms with Gasteiger partial charge >= 0.3 is 6.09 Å². The number of hydrogen-bond donors (Lipinski definition) is 0. The van der Waals surface area contributed by atoms with Gasteiger partial charge in [-0.3, -0.25) is 4.79 Å². The Labute approximate surface area is 159 Å². The van der Waals surface area contributed by atoms with E-state index in [1.54, 1.807) is 17.8 Å². The number of piperazine rings is 1. The summed E-state index contributed by atoms with van der Waals surface area (Å²) in [7, 11) is 0. The molecule has 1 amide bonds. The maximum atomic E-state index is 12.5. The van der Waals surface area contributed by atoms with Gasteiger partial charge in [0, 0.05) is 30.8 Å². The van der Waals surface area contributed by atoms with Gasteiger partial charge in [0.25, 0.3) is 0 Å². The fourth-order valence-electron chi connectivity index (χ4n) is 3.54. The lowest BCUT2D eigenvalue weighted by Gasteiger charge is -2.36. The number of nitrogens with zero attached hydrogens (tertiary/aromatic N) is 2. The standard InChI is InChI=1S/C20H26N2O3S/c1-20(2,3)25-19(24)22-13-15-10-16(22)12-21(15)18(26-4)11-17(23)14-8-6-5-7-9-14/h5-9,11,15-16H,10,12-13H2,1-4H3. The number of benzene rings is 1. The normalized spacial score (nSPS) is 22.7. The van der Waals surface area contributed by atoms with E-state index in [0.29, 0.717) is 12.1 Å². The highest BCUT2D eigenvalue weighted by atomic mass is 32.2. The zero-order chi connectivity index (χ0) is 18.9. The van der Waals surface area contributed by atoms with Crippen molar-refractivity contribution in [3.63, 3.8) is 0 Å². The van der Waals surface area contributed by atoms with E-state index in [2.05, 4.69) is 4.90 Å². The van der Waals surface area contributed by atoms with Gasteiger partial charge in [0.05, 0.1) is 11.1 Å². The van der Waals surface area contributed by atoms with Crippen LogP contribution in [0.15, 0.2) is 41.4 Å². The molecule has 2 fully saturated rings. The number of ketones is 1. The SMILES string of the molecule is CSC(=CC(=O)c1ccccc1)N1CC2CC1CN2C(=O)OC(C)(C)C. The van der Waals surface area contributed by atoms with Gasteiger partial charge in [-0.05, 0) is 33.4 Å². The van der Waals surface area contributed by atoms with E-state index in [1.165, 1.54) is 0 Å². The van der Waals surface area contributed by atoms with Crippen LogP contribution in [-0.2, 0) is 4.74 Å². The average Bonchev–Trinajstić information content (AvgIpc) is 3.19. The van der Waals surface area contributed by atoms with E-state index in [9.17, 15) is 9.59 Å². The molecule has 5 nitrogen and oxygen atoms in total. The monoisotopic (exact) mass is 374 g/mol. The van der Waals surface area contributed by atoms with Gasteiger partial charge < -0.3 is 14.5 Å². The Balaban J connectivity index is 1.68. The topological polar surface area (TPSA) is 49.9 Å². The largest absolute Gasteiger partial charge is 0.444 e. The first-order valence-corrected chi connectivity index (χ1v) is 10.1. The van der Waals surface area contributed by atoms with Crippen molar-refractivity contribution in [2.75, 3.05) is 19.3 Å². The van der Waals surface area contributed by atoms with Crippen LogP contribution in [0.2, 0.25) is 0 Å². The lowest BCUT2D eigenvalue weighted by atomic mass is 10.1. The Morgan fingerprint density at radius 1 is 1.12 bits per heavy atom. The summed E-state index contributed by atoms with van der Waals surface area (Å²) in [5.74, 6) is 0.0155. The molecule has 2 atom stereocenters. The quantitative estimate of drug-likeness (QED) is 0.593. The van der Waals surface area contributed by atoms with Crippen LogP contribution in [0.3, 0.4) is 0 Å². The number of rotatable bonds is 4. The van der Waals surface area contributed by atoms with Gasteiger partial charge in [0.15, 0.2) is 5.78 Å². The molecular formula is C20H26N2O3S. The minimum Gasteiger partial charge on any atom is -0.444 e. The molecule has 2 aliphatic rings. The van der Waals surface area contributed by atoms with Crippen molar-refractivity contribution >= 4 is 23.6 Å². The van der Waals surface area contributed by atoms with Gasteiger partial charge in [-0.1, -0.05) is 30.3 Å². The molecule has 0 saturated carbocycles. The Bertz CT molecular complexity index is 712. The number of fused-ring (bicyclic) bond motifs is 2. The Hall–Kier alpha value is -1.95. The molecule has 2 saturated heterocycles. The van der Waals surface area contributed by atoms with Gasteiger partial charge in [-0.25, -0.2) is 4.79 Å². The van der Waals surface area contributed by atoms with Crippen LogP contribution in [0, 0.1) is 0 Å². The van der Waals surface area contributed by atoms with Crippen LogP contribution >= 0.6 is 11.8 Å². The molecule has 1 aromatic rings. The van der Waals surface area contributed by atoms with Crippen molar-refractivity contribution in [2.45, 2.75) is 44.9 Å². The van der Waals surface area contributed by atoms with Crippen LogP contribution < -0.4 is 0 Å². The van der Waals surface area contributed by atoms with Gasteiger partial charge in [0.1, 0.15) is 5.60 Å². The van der Waals surface area contributed by atoms with E-state index < -0.39 is 5.60 Å². The van der Waals surface area contributed by atoms with Crippen molar-refractivity contribution in [3.05, 3.63) is 47.0 Å². The number of carbonyl (C=O) groups excluding carboxylic acids is 2. The minimum atomic E-state index is -0.481. The van der Waals surface area contributed by atoms with E-state index in [0.717, 1.165) is 18.0 Å². The van der Waals surface area contributed by atoms with Crippen LogP contribution in [0.25, 0.3) is 0 Å². The van der Waals surface area contributed by atoms with Crippen molar-refractivity contribution < 1.29 is 14.3 Å². The zero-order valence-corrected chi connectivity index (χ0v) is 16.6. The summed E-state index contributed by atoms with van der Waals surface area (Å²) in [5.41, 5.74) is 0.212. The highest BCUT2D eigenvalue weighted by Crippen LogP contribution is 2.37. The summed E-state index contributed by atoms with van der Waals surface area (Å²) in [6, 6.07) is 9.70. The van der Waals surface area contributed by atoms with E-state index in [4.69, 9.17) is 4.74 Å². The first-order valence-electron chi connectivity index (χ1n) is 8.90. The second kappa shape index (κ2) is 7.35. The summed E-state index contributed by atoms with van der Waals surface area (Å²) < 4.78 is 5.51. The molecule has 1 aromatic carbocycles. The molecule has 0 aromatic heterocycles. The van der Waals surface area contributed by atoms with Crippen LogP contribution in [-0.4, -0.2) is 58.7 Å². The smallest absolute Gasteiger partial charge is 0.410 e.